The molecule has 0 unspecified atom stereocenters. The van der Waals surface area contributed by atoms with Gasteiger partial charge in [0.1, 0.15) is 0 Å². The van der Waals surface area contributed by atoms with Crippen LogP contribution >= 0.6 is 0 Å². The molecule has 0 heterocycles. The van der Waals surface area contributed by atoms with Crippen LogP contribution in [0.2, 0.25) is 4.44 Å². The normalized spacial score (nSPS) is 9.40. The van der Waals surface area contributed by atoms with Gasteiger partial charge in [-0.3, -0.25) is 0 Å². The summed E-state index contributed by atoms with van der Waals surface area (Å²) >= 11 is -0.790. The Hall–Kier alpha value is 0.269. The Balaban J connectivity index is 3.05. The summed E-state index contributed by atoms with van der Waals surface area (Å²) in [5, 5.41) is 0. The van der Waals surface area contributed by atoms with Gasteiger partial charge in [0.25, 0.3) is 0 Å². The van der Waals surface area contributed by atoms with Gasteiger partial charge in [0.05, 0.1) is 0 Å². The molecule has 0 bridgehead atoms. The summed E-state index contributed by atoms with van der Waals surface area (Å²) < 4.78 is 6.12. The van der Waals surface area contributed by atoms with E-state index >= 15 is 0 Å². The first-order valence-corrected chi connectivity index (χ1v) is 7.16. The average molecular weight is 249 g/mol. The standard InChI is InChI=1S/C5H9O2.C2H5.Sn/c1-2-3-4-7-5-6;1-2;/h2-4H2,1H3;1H2,2H3;. The molecule has 0 aliphatic heterocycles. The number of carbonyl (C=O) groups excluding carboxylic acids is 1. The third-order valence-electron chi connectivity index (χ3n) is 1.05. The fraction of sp³-hybridized carbons (Fsp3) is 0.857. The molecule has 0 aromatic heterocycles. The number of unbranched alkanes of at least 4 members (excludes halogenated alkanes) is 1. The van der Waals surface area contributed by atoms with Crippen LogP contribution in [0, 0.1) is 0 Å². The Kier molecular flexibility index (Phi) is 7.57. The molecule has 2 nitrogen and oxygen atoms in total. The zero-order valence-corrected chi connectivity index (χ0v) is 9.50. The van der Waals surface area contributed by atoms with Crippen molar-refractivity contribution < 1.29 is 9.53 Å². The molecule has 0 spiro atoms. The molecule has 0 N–H and O–H groups in total. The van der Waals surface area contributed by atoms with Crippen molar-refractivity contribution in [3.8, 4) is 0 Å². The van der Waals surface area contributed by atoms with Gasteiger partial charge in [-0.05, 0) is 0 Å². The summed E-state index contributed by atoms with van der Waals surface area (Å²) in [6, 6.07) is 0. The minimum absolute atomic E-state index is 0.111. The molecule has 0 aliphatic carbocycles. The monoisotopic (exact) mass is 250 g/mol. The summed E-state index contributed by atoms with van der Waals surface area (Å²) in [6.45, 7) is 4.77. The van der Waals surface area contributed by atoms with E-state index in [4.69, 9.17) is 4.74 Å². The van der Waals surface area contributed by atoms with Crippen LogP contribution in [0.1, 0.15) is 26.7 Å². The van der Waals surface area contributed by atoms with Crippen molar-refractivity contribution in [1.82, 2.24) is 0 Å². The van der Waals surface area contributed by atoms with Gasteiger partial charge in [-0.15, -0.1) is 0 Å². The average Bonchev–Trinajstić information content (AvgIpc) is 1.89. The molecule has 58 valence electrons. The molecule has 0 atom stereocenters. The topological polar surface area (TPSA) is 26.3 Å². The molecule has 0 aliphatic rings. The Morgan fingerprint density at radius 1 is 1.50 bits per heavy atom. The van der Waals surface area contributed by atoms with Gasteiger partial charge in [0, 0.05) is 0 Å². The van der Waals surface area contributed by atoms with E-state index in [-0.39, 0.29) is 3.99 Å². The van der Waals surface area contributed by atoms with Crippen molar-refractivity contribution in [2.75, 3.05) is 6.61 Å². The Morgan fingerprint density at radius 2 is 2.20 bits per heavy atom. The van der Waals surface area contributed by atoms with E-state index in [0.717, 1.165) is 17.3 Å². The summed E-state index contributed by atoms with van der Waals surface area (Å²) in [5.41, 5.74) is 0. The molecule has 0 aromatic rings. The molecule has 0 saturated carbocycles. The molecule has 0 aromatic carbocycles. The fourth-order valence-corrected chi connectivity index (χ4v) is 1.91. The number of carbonyl (C=O) groups is 1. The third-order valence-corrected chi connectivity index (χ3v) is 3.30. The Morgan fingerprint density at radius 3 is 2.70 bits per heavy atom. The van der Waals surface area contributed by atoms with Crippen molar-refractivity contribution in [3.05, 3.63) is 0 Å². The van der Waals surface area contributed by atoms with Crippen LogP contribution in [0.4, 0.5) is 4.79 Å². The third kappa shape index (κ3) is 6.39. The Bertz CT molecular complexity index is 93.6. The maximum absolute atomic E-state index is 10.8. The number of ether oxygens (including phenoxy) is 1. The van der Waals surface area contributed by atoms with Gasteiger partial charge in [-0.25, -0.2) is 0 Å². The quantitative estimate of drug-likeness (QED) is 0.550. The van der Waals surface area contributed by atoms with Crippen LogP contribution in [-0.2, 0) is 4.74 Å². The Labute approximate surface area is 72.5 Å². The van der Waals surface area contributed by atoms with Gasteiger partial charge >= 0.3 is 72.4 Å². The number of hydrogen-bond acceptors (Lipinski definition) is 2. The summed E-state index contributed by atoms with van der Waals surface area (Å²) in [4.78, 5) is 10.8. The van der Waals surface area contributed by atoms with Gasteiger partial charge in [-0.2, -0.15) is 0 Å². The first kappa shape index (κ1) is 10.3. The number of hydrogen-bond donors (Lipinski definition) is 0. The predicted molar refractivity (Wildman–Crippen MR) is 42.5 cm³/mol. The second-order valence-corrected chi connectivity index (χ2v) is 6.21. The zero-order valence-electron chi connectivity index (χ0n) is 6.64. The predicted octanol–water partition coefficient (Wildman–Crippen LogP) is 2.07. The van der Waals surface area contributed by atoms with E-state index in [0.29, 0.717) is 6.61 Å². The van der Waals surface area contributed by atoms with E-state index in [1.165, 1.54) is 0 Å². The maximum atomic E-state index is 10.8. The van der Waals surface area contributed by atoms with Crippen LogP contribution in [0.25, 0.3) is 0 Å². The summed E-state index contributed by atoms with van der Waals surface area (Å²) in [7, 11) is 0. The van der Waals surface area contributed by atoms with E-state index in [1.807, 2.05) is 6.92 Å². The van der Waals surface area contributed by atoms with Crippen molar-refractivity contribution in [2.45, 2.75) is 31.1 Å². The van der Waals surface area contributed by atoms with Crippen molar-refractivity contribution >= 4 is 25.1 Å². The molecule has 0 fully saturated rings. The van der Waals surface area contributed by atoms with E-state index < -0.39 is 21.1 Å². The van der Waals surface area contributed by atoms with Gasteiger partial charge < -0.3 is 0 Å². The molecule has 3 heteroatoms. The van der Waals surface area contributed by atoms with E-state index in [2.05, 4.69) is 6.92 Å². The SMILES string of the molecule is CCCCO[C](=O)[Sn][CH2]C. The molecule has 10 heavy (non-hydrogen) atoms. The molecule has 0 saturated heterocycles. The van der Waals surface area contributed by atoms with Crippen LogP contribution in [0.15, 0.2) is 0 Å². The van der Waals surface area contributed by atoms with Crippen molar-refractivity contribution in [1.29, 1.82) is 0 Å². The van der Waals surface area contributed by atoms with Crippen LogP contribution < -0.4 is 0 Å². The minimum atomic E-state index is -0.790. The van der Waals surface area contributed by atoms with E-state index in [9.17, 15) is 4.79 Å². The van der Waals surface area contributed by atoms with Crippen LogP contribution in [0.5, 0.6) is 0 Å². The van der Waals surface area contributed by atoms with Crippen molar-refractivity contribution in [3.63, 3.8) is 0 Å². The van der Waals surface area contributed by atoms with Crippen LogP contribution in [0.3, 0.4) is 0 Å². The molecular weight excluding hydrogens is 235 g/mol. The van der Waals surface area contributed by atoms with E-state index in [1.54, 1.807) is 0 Å². The first-order chi connectivity index (χ1) is 4.81. The first-order valence-electron chi connectivity index (χ1n) is 3.71. The molecule has 2 radical (unpaired) electrons. The van der Waals surface area contributed by atoms with Gasteiger partial charge in [0.2, 0.25) is 0 Å². The van der Waals surface area contributed by atoms with Crippen molar-refractivity contribution in [2.24, 2.45) is 0 Å². The second kappa shape index (κ2) is 7.38. The van der Waals surface area contributed by atoms with Gasteiger partial charge in [-0.1, -0.05) is 0 Å². The molecular formula is C7H14O2Sn. The summed E-state index contributed by atoms with van der Waals surface area (Å²) in [5.74, 6) is 0. The summed E-state index contributed by atoms with van der Waals surface area (Å²) in [6.07, 6.45) is 2.11. The molecule has 0 amide bonds. The van der Waals surface area contributed by atoms with Gasteiger partial charge in [0.15, 0.2) is 0 Å². The second-order valence-electron chi connectivity index (χ2n) is 2.02. The fourth-order valence-electron chi connectivity index (χ4n) is 0.505. The molecule has 0 rings (SSSR count). The van der Waals surface area contributed by atoms with Crippen LogP contribution in [-0.4, -0.2) is 31.7 Å². The number of rotatable bonds is 5. The zero-order chi connectivity index (χ0) is 7.82.